The van der Waals surface area contributed by atoms with Crippen LogP contribution in [0.15, 0.2) is 0 Å². The van der Waals surface area contributed by atoms with Gasteiger partial charge in [-0.1, -0.05) is 0 Å². The van der Waals surface area contributed by atoms with Crippen LogP contribution in [0.1, 0.15) is 34.6 Å². The summed E-state index contributed by atoms with van der Waals surface area (Å²) in [6.45, 7) is 8.92. The van der Waals surface area contributed by atoms with Crippen LogP contribution in [-0.4, -0.2) is 36.7 Å². The van der Waals surface area contributed by atoms with E-state index in [2.05, 4.69) is 4.72 Å². The smallest absolute Gasteiger partial charge is 0.195 e. The van der Waals surface area contributed by atoms with Gasteiger partial charge in [-0.3, -0.25) is 0 Å². The van der Waals surface area contributed by atoms with Crippen LogP contribution >= 0.6 is 11.6 Å². The SMILES string of the molecule is CC(C)N(C)S(=O)(=O)NC(C)(C)C(C)Cl. The third kappa shape index (κ3) is 4.26. The van der Waals surface area contributed by atoms with Gasteiger partial charge in [0.05, 0.1) is 0 Å². The number of hydrogen-bond acceptors (Lipinski definition) is 2. The third-order valence-corrected chi connectivity index (χ3v) is 5.00. The van der Waals surface area contributed by atoms with Crippen molar-refractivity contribution in [3.63, 3.8) is 0 Å². The van der Waals surface area contributed by atoms with Crippen molar-refractivity contribution in [3.8, 4) is 0 Å². The quantitative estimate of drug-likeness (QED) is 0.759. The fraction of sp³-hybridized carbons (Fsp3) is 1.00. The van der Waals surface area contributed by atoms with Gasteiger partial charge in [0.1, 0.15) is 0 Å². The molecule has 0 aliphatic rings. The minimum atomic E-state index is -3.46. The molecule has 0 saturated heterocycles. The van der Waals surface area contributed by atoms with E-state index >= 15 is 0 Å². The second-order valence-electron chi connectivity index (χ2n) is 4.55. The van der Waals surface area contributed by atoms with Crippen LogP contribution in [0.4, 0.5) is 0 Å². The van der Waals surface area contributed by atoms with Gasteiger partial charge in [0.25, 0.3) is 10.2 Å². The summed E-state index contributed by atoms with van der Waals surface area (Å²) in [5, 5.41) is -0.284. The third-order valence-electron chi connectivity index (χ3n) is 2.49. The van der Waals surface area contributed by atoms with Crippen molar-refractivity contribution < 1.29 is 8.42 Å². The van der Waals surface area contributed by atoms with Crippen molar-refractivity contribution in [2.75, 3.05) is 7.05 Å². The Bertz CT molecular complexity index is 299. The van der Waals surface area contributed by atoms with Gasteiger partial charge in [0.15, 0.2) is 0 Å². The lowest BCUT2D eigenvalue weighted by atomic mass is 10.0. The molecule has 0 saturated carbocycles. The van der Waals surface area contributed by atoms with Crippen molar-refractivity contribution in [3.05, 3.63) is 0 Å². The van der Waals surface area contributed by atoms with Crippen molar-refractivity contribution in [1.82, 2.24) is 9.03 Å². The molecule has 6 heteroatoms. The number of halogens is 1. The largest absolute Gasteiger partial charge is 0.279 e. The summed E-state index contributed by atoms with van der Waals surface area (Å²) in [5.74, 6) is 0. The molecule has 0 aromatic rings. The van der Waals surface area contributed by atoms with E-state index in [1.54, 1.807) is 27.8 Å². The highest BCUT2D eigenvalue weighted by molar-refractivity contribution is 7.87. The molecular weight excluding hydrogens is 236 g/mol. The predicted octanol–water partition coefficient (Wildman–Crippen LogP) is 1.57. The Balaban J connectivity index is 4.81. The molecule has 0 rings (SSSR count). The highest BCUT2D eigenvalue weighted by atomic mass is 35.5. The summed E-state index contributed by atoms with van der Waals surface area (Å²) in [5.41, 5.74) is -0.663. The molecule has 1 atom stereocenters. The molecule has 4 nitrogen and oxygen atoms in total. The Kier molecular flexibility index (Phi) is 5.05. The number of nitrogens with one attached hydrogen (secondary N) is 1. The molecule has 1 N–H and O–H groups in total. The topological polar surface area (TPSA) is 49.4 Å². The van der Waals surface area contributed by atoms with Crippen molar-refractivity contribution in [2.24, 2.45) is 0 Å². The molecule has 0 aromatic carbocycles. The van der Waals surface area contributed by atoms with E-state index in [0.29, 0.717) is 0 Å². The highest BCUT2D eigenvalue weighted by Gasteiger charge is 2.32. The van der Waals surface area contributed by atoms with E-state index in [1.807, 2.05) is 13.8 Å². The molecule has 0 fully saturated rings. The van der Waals surface area contributed by atoms with Gasteiger partial charge in [0, 0.05) is 24.0 Å². The van der Waals surface area contributed by atoms with Crippen molar-refractivity contribution in [1.29, 1.82) is 0 Å². The molecule has 15 heavy (non-hydrogen) atoms. The molecule has 0 spiro atoms. The first-order valence-corrected chi connectivity index (χ1v) is 6.79. The second kappa shape index (κ2) is 4.99. The lowest BCUT2D eigenvalue weighted by molar-refractivity contribution is 0.373. The van der Waals surface area contributed by atoms with Crippen LogP contribution in [0.5, 0.6) is 0 Å². The Hall–Kier alpha value is 0.160. The maximum Gasteiger partial charge on any atom is 0.279 e. The van der Waals surface area contributed by atoms with E-state index in [-0.39, 0.29) is 11.4 Å². The number of hydrogen-bond donors (Lipinski definition) is 1. The average Bonchev–Trinajstić information content (AvgIpc) is 2.00. The zero-order chi connectivity index (χ0) is 12.4. The molecule has 0 heterocycles. The van der Waals surface area contributed by atoms with Gasteiger partial charge < -0.3 is 0 Å². The highest BCUT2D eigenvalue weighted by Crippen LogP contribution is 2.17. The average molecular weight is 257 g/mol. The summed E-state index contributed by atoms with van der Waals surface area (Å²) < 4.78 is 27.6. The molecule has 0 aromatic heterocycles. The lowest BCUT2D eigenvalue weighted by Gasteiger charge is -2.32. The van der Waals surface area contributed by atoms with Gasteiger partial charge in [-0.25, -0.2) is 0 Å². The van der Waals surface area contributed by atoms with Gasteiger partial charge in [-0.2, -0.15) is 17.4 Å². The first-order valence-electron chi connectivity index (χ1n) is 4.91. The number of alkyl halides is 1. The summed E-state index contributed by atoms with van der Waals surface area (Å²) in [6, 6.07) is -0.0797. The van der Waals surface area contributed by atoms with Crippen LogP contribution < -0.4 is 4.72 Å². The fourth-order valence-corrected chi connectivity index (χ4v) is 2.42. The Labute approximate surface area is 98.2 Å². The minimum Gasteiger partial charge on any atom is -0.195 e. The maximum absolute atomic E-state index is 11.8. The second-order valence-corrected chi connectivity index (χ2v) is 6.94. The van der Waals surface area contributed by atoms with Crippen LogP contribution in [0.25, 0.3) is 0 Å². The van der Waals surface area contributed by atoms with E-state index < -0.39 is 15.7 Å². The Morgan fingerprint density at radius 2 is 1.67 bits per heavy atom. The summed E-state index contributed by atoms with van der Waals surface area (Å²) in [6.07, 6.45) is 0. The summed E-state index contributed by atoms with van der Waals surface area (Å²) in [4.78, 5) is 0. The van der Waals surface area contributed by atoms with Crippen LogP contribution in [0.3, 0.4) is 0 Å². The molecule has 1 unspecified atom stereocenters. The zero-order valence-electron chi connectivity index (χ0n) is 10.2. The zero-order valence-corrected chi connectivity index (χ0v) is 11.8. The lowest BCUT2D eigenvalue weighted by Crippen LogP contribution is -2.54. The minimum absolute atomic E-state index is 0.0797. The molecular formula is C9H21ClN2O2S. The van der Waals surface area contributed by atoms with E-state index in [0.717, 1.165) is 0 Å². The number of nitrogens with zero attached hydrogens (tertiary/aromatic N) is 1. The van der Waals surface area contributed by atoms with Gasteiger partial charge >= 0.3 is 0 Å². The summed E-state index contributed by atoms with van der Waals surface area (Å²) in [7, 11) is -1.92. The van der Waals surface area contributed by atoms with Gasteiger partial charge in [0.2, 0.25) is 0 Å². The summed E-state index contributed by atoms with van der Waals surface area (Å²) >= 11 is 5.91. The standard InChI is InChI=1S/C9H21ClN2O2S/c1-7(2)12(6)15(13,14)11-9(4,5)8(3)10/h7-8,11H,1-6H3. The number of rotatable bonds is 5. The Morgan fingerprint density at radius 1 is 1.27 bits per heavy atom. The van der Waals surface area contributed by atoms with Gasteiger partial charge in [-0.15, -0.1) is 11.6 Å². The van der Waals surface area contributed by atoms with Gasteiger partial charge in [-0.05, 0) is 34.6 Å². The predicted molar refractivity (Wildman–Crippen MR) is 64.3 cm³/mol. The molecule has 0 bridgehead atoms. The molecule has 0 aliphatic carbocycles. The van der Waals surface area contributed by atoms with Crippen LogP contribution in [0.2, 0.25) is 0 Å². The van der Waals surface area contributed by atoms with Crippen LogP contribution in [0, 0.1) is 0 Å². The first-order chi connectivity index (χ1) is 6.50. The first kappa shape index (κ1) is 15.2. The van der Waals surface area contributed by atoms with Crippen molar-refractivity contribution in [2.45, 2.75) is 51.6 Å². The molecule has 0 radical (unpaired) electrons. The molecule has 92 valence electrons. The molecule has 0 amide bonds. The monoisotopic (exact) mass is 256 g/mol. The fourth-order valence-electron chi connectivity index (χ4n) is 0.763. The van der Waals surface area contributed by atoms with Crippen LogP contribution in [-0.2, 0) is 10.2 Å². The van der Waals surface area contributed by atoms with E-state index in [9.17, 15) is 8.42 Å². The van der Waals surface area contributed by atoms with E-state index in [4.69, 9.17) is 11.6 Å². The van der Waals surface area contributed by atoms with E-state index in [1.165, 1.54) is 4.31 Å². The molecule has 0 aliphatic heterocycles. The van der Waals surface area contributed by atoms with Crippen molar-refractivity contribution >= 4 is 21.8 Å². The Morgan fingerprint density at radius 3 is 1.93 bits per heavy atom. The normalized spacial score (nSPS) is 16.1. The maximum atomic E-state index is 11.8.